The van der Waals surface area contributed by atoms with Crippen LogP contribution >= 0.6 is 23.1 Å². The van der Waals surface area contributed by atoms with E-state index in [1.165, 1.54) is 0 Å². The molecule has 0 radical (unpaired) electrons. The summed E-state index contributed by atoms with van der Waals surface area (Å²) in [6.45, 7) is 0. The fourth-order valence-corrected chi connectivity index (χ4v) is 3.44. The maximum Gasteiger partial charge on any atom is 0.290 e. The summed E-state index contributed by atoms with van der Waals surface area (Å²) in [5.74, 6) is -0.315. The maximum atomic E-state index is 11.4. The van der Waals surface area contributed by atoms with Crippen molar-refractivity contribution in [1.29, 1.82) is 0 Å². The van der Waals surface area contributed by atoms with Gasteiger partial charge in [0.25, 0.3) is 11.1 Å². The van der Waals surface area contributed by atoms with Crippen LogP contribution in [0.2, 0.25) is 0 Å². The molecule has 0 bridgehead atoms. The van der Waals surface area contributed by atoms with E-state index >= 15 is 0 Å². The van der Waals surface area contributed by atoms with Crippen molar-refractivity contribution in [1.82, 2.24) is 5.32 Å². The smallest absolute Gasteiger partial charge is 0.282 e. The lowest BCUT2D eigenvalue weighted by Crippen LogP contribution is -2.17. The zero-order chi connectivity index (χ0) is 13.2. The van der Waals surface area contributed by atoms with Crippen molar-refractivity contribution < 1.29 is 9.59 Å². The standard InChI is InChI=1S/C14H9NO2S2/c16-13-12(19-14(17)15-13)8-10-6-7-11(18-10)9-4-2-1-3-5-9/h1-8H,(H,15,16,17)/b12-8+. The van der Waals surface area contributed by atoms with Crippen molar-refractivity contribution in [2.75, 3.05) is 0 Å². The van der Waals surface area contributed by atoms with E-state index in [-0.39, 0.29) is 11.1 Å². The summed E-state index contributed by atoms with van der Waals surface area (Å²) in [7, 11) is 0. The molecule has 1 aromatic carbocycles. The highest BCUT2D eigenvalue weighted by molar-refractivity contribution is 8.18. The molecule has 3 rings (SSSR count). The van der Waals surface area contributed by atoms with Gasteiger partial charge in [-0.25, -0.2) is 0 Å². The number of hydrogen-bond acceptors (Lipinski definition) is 4. The Kier molecular flexibility index (Phi) is 3.23. The van der Waals surface area contributed by atoms with Gasteiger partial charge in [0.1, 0.15) is 0 Å². The average Bonchev–Trinajstić information content (AvgIpc) is 2.99. The van der Waals surface area contributed by atoms with Gasteiger partial charge in [0.2, 0.25) is 0 Å². The number of amides is 2. The van der Waals surface area contributed by atoms with Crippen LogP contribution < -0.4 is 5.32 Å². The number of imide groups is 1. The van der Waals surface area contributed by atoms with Gasteiger partial charge in [-0.3, -0.25) is 14.9 Å². The molecular formula is C14H9NO2S2. The van der Waals surface area contributed by atoms with E-state index in [0.717, 1.165) is 27.1 Å². The summed E-state index contributed by atoms with van der Waals surface area (Å²) < 4.78 is 0. The number of thioether (sulfide) groups is 1. The first-order valence-corrected chi connectivity index (χ1v) is 7.26. The van der Waals surface area contributed by atoms with Gasteiger partial charge in [-0.05, 0) is 35.5 Å². The van der Waals surface area contributed by atoms with Crippen LogP contribution in [0.5, 0.6) is 0 Å². The van der Waals surface area contributed by atoms with Gasteiger partial charge < -0.3 is 0 Å². The summed E-state index contributed by atoms with van der Waals surface area (Å²) in [5.41, 5.74) is 1.15. The molecule has 2 amide bonds. The van der Waals surface area contributed by atoms with Crippen LogP contribution in [0.1, 0.15) is 4.88 Å². The normalized spacial score (nSPS) is 16.9. The van der Waals surface area contributed by atoms with Crippen molar-refractivity contribution in [3.05, 3.63) is 52.2 Å². The topological polar surface area (TPSA) is 46.2 Å². The summed E-state index contributed by atoms with van der Waals surface area (Å²) >= 11 is 2.54. The van der Waals surface area contributed by atoms with Crippen molar-refractivity contribution in [3.8, 4) is 10.4 Å². The maximum absolute atomic E-state index is 11.4. The van der Waals surface area contributed by atoms with Crippen molar-refractivity contribution >= 4 is 40.3 Å². The molecule has 2 aromatic rings. The van der Waals surface area contributed by atoms with E-state index in [9.17, 15) is 9.59 Å². The molecule has 5 heteroatoms. The van der Waals surface area contributed by atoms with Crippen LogP contribution in [-0.4, -0.2) is 11.1 Å². The third-order valence-electron chi connectivity index (χ3n) is 2.60. The Morgan fingerprint density at radius 3 is 2.47 bits per heavy atom. The minimum atomic E-state index is -0.315. The van der Waals surface area contributed by atoms with Crippen molar-refractivity contribution in [3.63, 3.8) is 0 Å². The number of carbonyl (C=O) groups excluding carboxylic acids is 2. The first kappa shape index (κ1) is 12.2. The molecule has 1 N–H and O–H groups in total. The highest BCUT2D eigenvalue weighted by Crippen LogP contribution is 2.32. The molecule has 3 nitrogen and oxygen atoms in total. The van der Waals surface area contributed by atoms with Crippen molar-refractivity contribution in [2.24, 2.45) is 0 Å². The lowest BCUT2D eigenvalue weighted by molar-refractivity contribution is -0.115. The van der Waals surface area contributed by atoms with Crippen LogP contribution in [0.4, 0.5) is 4.79 Å². The second kappa shape index (κ2) is 5.03. The SMILES string of the molecule is O=C1NC(=O)/C(=C\c2ccc(-c3ccccc3)s2)S1. The Bertz CT molecular complexity index is 674. The fraction of sp³-hybridized carbons (Fsp3) is 0. The van der Waals surface area contributed by atoms with E-state index in [1.807, 2.05) is 42.5 Å². The second-order valence-electron chi connectivity index (χ2n) is 3.92. The Morgan fingerprint density at radius 2 is 1.79 bits per heavy atom. The molecule has 0 saturated carbocycles. The van der Waals surface area contributed by atoms with E-state index in [4.69, 9.17) is 0 Å². The average molecular weight is 287 g/mol. The summed E-state index contributed by atoms with van der Waals surface area (Å²) in [4.78, 5) is 25.1. The molecule has 2 heterocycles. The predicted octanol–water partition coefficient (Wildman–Crippen LogP) is 3.74. The first-order valence-electron chi connectivity index (χ1n) is 5.62. The lowest BCUT2D eigenvalue weighted by Gasteiger charge is -1.94. The van der Waals surface area contributed by atoms with Crippen LogP contribution in [-0.2, 0) is 4.79 Å². The third-order valence-corrected chi connectivity index (χ3v) is 4.49. The highest BCUT2D eigenvalue weighted by Gasteiger charge is 2.25. The largest absolute Gasteiger partial charge is 0.290 e. The molecule has 1 aliphatic rings. The molecule has 1 fully saturated rings. The molecule has 94 valence electrons. The number of nitrogens with one attached hydrogen (secondary N) is 1. The quantitative estimate of drug-likeness (QED) is 0.856. The summed E-state index contributed by atoms with van der Waals surface area (Å²) in [6.07, 6.45) is 1.75. The zero-order valence-electron chi connectivity index (χ0n) is 9.75. The van der Waals surface area contributed by atoms with E-state index < -0.39 is 0 Å². The zero-order valence-corrected chi connectivity index (χ0v) is 11.4. The molecule has 1 aromatic heterocycles. The van der Waals surface area contributed by atoms with Gasteiger partial charge in [-0.1, -0.05) is 30.3 Å². The van der Waals surface area contributed by atoms with Crippen LogP contribution in [0.15, 0.2) is 47.4 Å². The Hall–Kier alpha value is -1.85. The monoisotopic (exact) mass is 287 g/mol. The van der Waals surface area contributed by atoms with E-state index in [1.54, 1.807) is 17.4 Å². The van der Waals surface area contributed by atoms with Gasteiger partial charge in [-0.2, -0.15) is 0 Å². The van der Waals surface area contributed by atoms with Crippen molar-refractivity contribution in [2.45, 2.75) is 0 Å². The fourth-order valence-electron chi connectivity index (χ4n) is 1.74. The van der Waals surface area contributed by atoms with Crippen LogP contribution in [0.25, 0.3) is 16.5 Å². The Balaban J connectivity index is 1.89. The summed E-state index contributed by atoms with van der Waals surface area (Å²) in [6, 6.07) is 14.0. The van der Waals surface area contributed by atoms with Gasteiger partial charge >= 0.3 is 0 Å². The van der Waals surface area contributed by atoms with E-state index in [2.05, 4.69) is 5.32 Å². The van der Waals surface area contributed by atoms with Gasteiger partial charge in [-0.15, -0.1) is 11.3 Å². The molecular weight excluding hydrogens is 278 g/mol. The lowest BCUT2D eigenvalue weighted by atomic mass is 10.2. The second-order valence-corrected chi connectivity index (χ2v) is 6.05. The molecule has 19 heavy (non-hydrogen) atoms. The number of rotatable bonds is 2. The molecule has 0 atom stereocenters. The minimum Gasteiger partial charge on any atom is -0.282 e. The molecule has 1 aliphatic heterocycles. The first-order chi connectivity index (χ1) is 9.22. The number of hydrogen-bond donors (Lipinski definition) is 1. The Morgan fingerprint density at radius 1 is 1.00 bits per heavy atom. The summed E-state index contributed by atoms with van der Waals surface area (Å²) in [5, 5.41) is 1.94. The molecule has 0 spiro atoms. The molecule has 0 unspecified atom stereocenters. The van der Waals surface area contributed by atoms with Gasteiger partial charge in [0.05, 0.1) is 4.91 Å². The Labute approximate surface area is 118 Å². The van der Waals surface area contributed by atoms with Gasteiger partial charge in [0.15, 0.2) is 0 Å². The minimum absolute atomic E-state index is 0.309. The highest BCUT2D eigenvalue weighted by atomic mass is 32.2. The number of carbonyl (C=O) groups is 2. The van der Waals surface area contributed by atoms with Crippen LogP contribution in [0, 0.1) is 0 Å². The number of thiophene rings is 1. The molecule has 1 saturated heterocycles. The van der Waals surface area contributed by atoms with Crippen LogP contribution in [0.3, 0.4) is 0 Å². The number of benzene rings is 1. The van der Waals surface area contributed by atoms with E-state index in [0.29, 0.717) is 4.91 Å². The predicted molar refractivity (Wildman–Crippen MR) is 78.9 cm³/mol. The van der Waals surface area contributed by atoms with Gasteiger partial charge in [0, 0.05) is 9.75 Å². The third kappa shape index (κ3) is 2.62. The molecule has 0 aliphatic carbocycles.